The lowest BCUT2D eigenvalue weighted by molar-refractivity contribution is 0.0770. The first-order valence-electron chi connectivity index (χ1n) is 12.3. The lowest BCUT2D eigenvalue weighted by Crippen LogP contribution is -2.46. The van der Waals surface area contributed by atoms with Crippen LogP contribution in [0.25, 0.3) is 10.8 Å². The van der Waals surface area contributed by atoms with Crippen LogP contribution in [0.4, 0.5) is 4.39 Å². The Labute approximate surface area is 197 Å². The Morgan fingerprint density at radius 2 is 1.91 bits per heavy atom. The third kappa shape index (κ3) is 4.02. The molecule has 0 spiro atoms. The van der Waals surface area contributed by atoms with Crippen molar-refractivity contribution in [3.05, 3.63) is 75.5 Å². The molecule has 0 bridgehead atoms. The molecule has 3 aliphatic rings. The number of carbonyl (C=O) groups is 1. The van der Waals surface area contributed by atoms with E-state index >= 15 is 0 Å². The first-order chi connectivity index (χ1) is 16.6. The summed E-state index contributed by atoms with van der Waals surface area (Å²) >= 11 is 0. The molecule has 3 heterocycles. The van der Waals surface area contributed by atoms with Crippen LogP contribution in [0.3, 0.4) is 0 Å². The smallest absolute Gasteiger partial charge is 0.272 e. The molecule has 7 heteroatoms. The highest BCUT2D eigenvalue weighted by atomic mass is 19.1. The molecule has 1 N–H and O–H groups in total. The molecule has 1 saturated carbocycles. The Morgan fingerprint density at radius 3 is 2.74 bits per heavy atom. The molecule has 2 saturated heterocycles. The van der Waals surface area contributed by atoms with E-state index in [1.165, 1.54) is 25.3 Å². The number of hydrogen-bond acceptors (Lipinski definition) is 4. The number of benzene rings is 2. The number of halogens is 1. The van der Waals surface area contributed by atoms with Crippen molar-refractivity contribution >= 4 is 16.7 Å². The fourth-order valence-electron chi connectivity index (χ4n) is 5.81. The minimum Gasteiger partial charge on any atom is -0.337 e. The largest absolute Gasteiger partial charge is 0.337 e. The van der Waals surface area contributed by atoms with Gasteiger partial charge < -0.3 is 4.90 Å². The zero-order valence-corrected chi connectivity index (χ0v) is 19.2. The molecule has 1 aromatic heterocycles. The SMILES string of the molecule is O=C(c1cc(Cc2n[nH]c(=O)c3ccccc23)ccc1F)N1CC2CCCN(CC3CC3)C2C1. The summed E-state index contributed by atoms with van der Waals surface area (Å²) in [5.41, 5.74) is 1.38. The molecule has 2 aliphatic heterocycles. The van der Waals surface area contributed by atoms with Crippen LogP contribution in [0.1, 0.15) is 47.3 Å². The van der Waals surface area contributed by atoms with Gasteiger partial charge in [-0.15, -0.1) is 0 Å². The number of nitrogens with zero attached hydrogens (tertiary/aromatic N) is 3. The molecule has 2 unspecified atom stereocenters. The second kappa shape index (κ2) is 8.62. The summed E-state index contributed by atoms with van der Waals surface area (Å²) < 4.78 is 14.8. The molecule has 6 nitrogen and oxygen atoms in total. The van der Waals surface area contributed by atoms with E-state index in [2.05, 4.69) is 15.1 Å². The minimum absolute atomic E-state index is 0.124. The summed E-state index contributed by atoms with van der Waals surface area (Å²) in [5, 5.41) is 8.11. The van der Waals surface area contributed by atoms with Gasteiger partial charge in [-0.2, -0.15) is 5.10 Å². The van der Waals surface area contributed by atoms with Crippen molar-refractivity contribution in [1.29, 1.82) is 0 Å². The van der Waals surface area contributed by atoms with Gasteiger partial charge in [0.05, 0.1) is 16.6 Å². The van der Waals surface area contributed by atoms with Crippen LogP contribution < -0.4 is 5.56 Å². The molecule has 3 fully saturated rings. The summed E-state index contributed by atoms with van der Waals surface area (Å²) in [6, 6.07) is 12.4. The number of aromatic amines is 1. The molecule has 176 valence electrons. The number of fused-ring (bicyclic) bond motifs is 2. The Morgan fingerprint density at radius 1 is 1.09 bits per heavy atom. The number of piperidine rings is 1. The predicted molar refractivity (Wildman–Crippen MR) is 128 cm³/mol. The van der Waals surface area contributed by atoms with Gasteiger partial charge in [-0.05, 0) is 67.8 Å². The summed E-state index contributed by atoms with van der Waals surface area (Å²) in [5.74, 6) is 0.604. The molecule has 1 amide bonds. The monoisotopic (exact) mass is 460 g/mol. The third-order valence-corrected chi connectivity index (χ3v) is 7.78. The van der Waals surface area contributed by atoms with Crippen LogP contribution in [-0.4, -0.2) is 58.1 Å². The van der Waals surface area contributed by atoms with Crippen molar-refractivity contribution in [2.24, 2.45) is 11.8 Å². The van der Waals surface area contributed by atoms with Gasteiger partial charge in [-0.25, -0.2) is 9.49 Å². The number of H-pyrrole nitrogens is 1. The zero-order chi connectivity index (χ0) is 23.2. The van der Waals surface area contributed by atoms with Gasteiger partial charge in [0.1, 0.15) is 5.82 Å². The number of nitrogens with one attached hydrogen (secondary N) is 1. The van der Waals surface area contributed by atoms with Crippen molar-refractivity contribution in [2.75, 3.05) is 26.2 Å². The van der Waals surface area contributed by atoms with Crippen molar-refractivity contribution in [3.8, 4) is 0 Å². The van der Waals surface area contributed by atoms with Gasteiger partial charge in [0.25, 0.3) is 11.5 Å². The Bertz CT molecular complexity index is 1300. The highest BCUT2D eigenvalue weighted by Crippen LogP contribution is 2.36. The number of aromatic nitrogens is 2. The summed E-state index contributed by atoms with van der Waals surface area (Å²) in [4.78, 5) is 29.9. The van der Waals surface area contributed by atoms with Crippen LogP contribution in [-0.2, 0) is 6.42 Å². The van der Waals surface area contributed by atoms with Gasteiger partial charge in [-0.3, -0.25) is 14.5 Å². The normalized spacial score (nSPS) is 22.8. The van der Waals surface area contributed by atoms with Crippen molar-refractivity contribution in [2.45, 2.75) is 38.1 Å². The van der Waals surface area contributed by atoms with Gasteiger partial charge in [0.2, 0.25) is 0 Å². The molecule has 34 heavy (non-hydrogen) atoms. The molecule has 6 rings (SSSR count). The lowest BCUT2D eigenvalue weighted by Gasteiger charge is -2.36. The number of hydrogen-bond donors (Lipinski definition) is 1. The van der Waals surface area contributed by atoms with E-state index in [9.17, 15) is 14.0 Å². The first kappa shape index (κ1) is 21.5. The topological polar surface area (TPSA) is 69.3 Å². The molecule has 0 radical (unpaired) electrons. The second-order valence-corrected chi connectivity index (χ2v) is 10.2. The number of rotatable bonds is 5. The quantitative estimate of drug-likeness (QED) is 0.632. The van der Waals surface area contributed by atoms with Crippen molar-refractivity contribution in [1.82, 2.24) is 20.0 Å². The van der Waals surface area contributed by atoms with Crippen LogP contribution in [0.5, 0.6) is 0 Å². The van der Waals surface area contributed by atoms with Gasteiger partial charge >= 0.3 is 0 Å². The Kier molecular flexibility index (Phi) is 5.44. The van der Waals surface area contributed by atoms with E-state index < -0.39 is 5.82 Å². The number of carbonyl (C=O) groups excluding carboxylic acids is 1. The second-order valence-electron chi connectivity index (χ2n) is 10.2. The minimum atomic E-state index is -0.488. The van der Waals surface area contributed by atoms with Crippen LogP contribution in [0, 0.1) is 17.7 Å². The molecule has 1 aliphatic carbocycles. The fourth-order valence-corrected chi connectivity index (χ4v) is 5.81. The molecular weight excluding hydrogens is 431 g/mol. The lowest BCUT2D eigenvalue weighted by atomic mass is 9.92. The molecular formula is C27H29FN4O2. The fraction of sp³-hybridized carbons (Fsp3) is 0.444. The first-order valence-corrected chi connectivity index (χ1v) is 12.3. The maximum atomic E-state index is 14.8. The van der Waals surface area contributed by atoms with E-state index in [1.807, 2.05) is 23.1 Å². The Balaban J connectivity index is 1.23. The predicted octanol–water partition coefficient (Wildman–Crippen LogP) is 3.60. The summed E-state index contributed by atoms with van der Waals surface area (Å²) in [6.45, 7) is 3.66. The number of likely N-dealkylation sites (tertiary alicyclic amines) is 2. The highest BCUT2D eigenvalue weighted by Gasteiger charge is 2.42. The molecule has 3 aromatic rings. The van der Waals surface area contributed by atoms with Crippen LogP contribution in [0.2, 0.25) is 0 Å². The summed E-state index contributed by atoms with van der Waals surface area (Å²) in [7, 11) is 0. The van der Waals surface area contributed by atoms with E-state index in [-0.39, 0.29) is 17.0 Å². The highest BCUT2D eigenvalue weighted by molar-refractivity contribution is 5.95. The van der Waals surface area contributed by atoms with Gasteiger partial charge in [-0.1, -0.05) is 24.3 Å². The van der Waals surface area contributed by atoms with Gasteiger partial charge in [0.15, 0.2) is 0 Å². The average molecular weight is 461 g/mol. The molecule has 2 aromatic carbocycles. The zero-order valence-electron chi connectivity index (χ0n) is 19.2. The molecule has 2 atom stereocenters. The Hall–Kier alpha value is -3.06. The van der Waals surface area contributed by atoms with Crippen molar-refractivity contribution in [3.63, 3.8) is 0 Å². The maximum absolute atomic E-state index is 14.8. The van der Waals surface area contributed by atoms with Crippen LogP contribution >= 0.6 is 0 Å². The van der Waals surface area contributed by atoms with Gasteiger partial charge in [0, 0.05) is 37.5 Å². The average Bonchev–Trinajstić information content (AvgIpc) is 3.56. The van der Waals surface area contributed by atoms with Crippen LogP contribution in [0.15, 0.2) is 47.3 Å². The summed E-state index contributed by atoms with van der Waals surface area (Å²) in [6.07, 6.45) is 5.38. The standard InChI is InChI=1S/C27H29FN4O2/c28-23-10-9-18(13-24-20-5-1-2-6-21(20)26(33)30-29-24)12-22(23)27(34)32-15-19-4-3-11-31(25(19)16-32)14-17-7-8-17/h1-2,5-6,9-10,12,17,19,25H,3-4,7-8,11,13-16H2,(H,30,33). The van der Waals surface area contributed by atoms with E-state index in [1.54, 1.807) is 18.2 Å². The maximum Gasteiger partial charge on any atom is 0.272 e. The van der Waals surface area contributed by atoms with E-state index in [4.69, 9.17) is 0 Å². The van der Waals surface area contributed by atoms with Crippen molar-refractivity contribution < 1.29 is 9.18 Å². The van der Waals surface area contributed by atoms with E-state index in [0.717, 1.165) is 36.4 Å². The number of amides is 1. The third-order valence-electron chi connectivity index (χ3n) is 7.78. The van der Waals surface area contributed by atoms with E-state index in [0.29, 0.717) is 42.6 Å².